The maximum absolute atomic E-state index is 12.0. The second-order valence-electron chi connectivity index (χ2n) is 5.07. The summed E-state index contributed by atoms with van der Waals surface area (Å²) in [5, 5.41) is 11.3. The first kappa shape index (κ1) is 20.3. The van der Waals surface area contributed by atoms with Gasteiger partial charge in [0, 0.05) is 17.1 Å². The number of alkyl carbamates (subject to hydrolysis) is 1. The van der Waals surface area contributed by atoms with E-state index in [0.717, 1.165) is 11.8 Å². The molecule has 2 rings (SSSR count). The van der Waals surface area contributed by atoms with Crippen molar-refractivity contribution in [2.45, 2.75) is 23.9 Å². The molecule has 0 saturated carbocycles. The van der Waals surface area contributed by atoms with E-state index in [9.17, 15) is 9.59 Å². The van der Waals surface area contributed by atoms with Gasteiger partial charge in [-0.1, -0.05) is 41.0 Å². The van der Waals surface area contributed by atoms with Gasteiger partial charge in [0.2, 0.25) is 5.91 Å². The van der Waals surface area contributed by atoms with Crippen LogP contribution >= 0.6 is 35.0 Å². The summed E-state index contributed by atoms with van der Waals surface area (Å²) < 4.78 is 6.19. The van der Waals surface area contributed by atoms with Crippen molar-refractivity contribution in [2.75, 3.05) is 7.11 Å². The van der Waals surface area contributed by atoms with Crippen LogP contribution in [-0.2, 0) is 16.1 Å². The van der Waals surface area contributed by atoms with Crippen molar-refractivity contribution in [1.29, 1.82) is 0 Å². The third kappa shape index (κ3) is 4.78. The van der Waals surface area contributed by atoms with E-state index >= 15 is 0 Å². The Balaban J connectivity index is 2.30. The maximum atomic E-state index is 12.0. The molecule has 1 N–H and O–H groups in total. The van der Waals surface area contributed by atoms with Crippen molar-refractivity contribution in [1.82, 2.24) is 20.1 Å². The Labute approximate surface area is 164 Å². The smallest absolute Gasteiger partial charge is 0.413 e. The predicted octanol–water partition coefficient (Wildman–Crippen LogP) is 3.80. The summed E-state index contributed by atoms with van der Waals surface area (Å²) in [4.78, 5) is 23.2. The Morgan fingerprint density at radius 1 is 1.42 bits per heavy atom. The molecule has 7 nitrogen and oxygen atoms in total. The molecule has 0 saturated heterocycles. The Hall–Kier alpha value is -2.03. The lowest BCUT2D eigenvalue weighted by atomic mass is 10.2. The molecule has 0 aliphatic rings. The molecule has 1 aromatic heterocycles. The first-order valence-electron chi connectivity index (χ1n) is 7.42. The van der Waals surface area contributed by atoms with Gasteiger partial charge in [-0.3, -0.25) is 14.7 Å². The van der Waals surface area contributed by atoms with Crippen LogP contribution in [0.15, 0.2) is 36.0 Å². The summed E-state index contributed by atoms with van der Waals surface area (Å²) >= 11 is 13.3. The molecule has 0 unspecified atom stereocenters. The van der Waals surface area contributed by atoms with Crippen molar-refractivity contribution >= 4 is 47.0 Å². The summed E-state index contributed by atoms with van der Waals surface area (Å²) in [5.41, 5.74) is 0.656. The number of benzene rings is 1. The highest BCUT2D eigenvalue weighted by atomic mass is 35.5. The second-order valence-corrected chi connectivity index (χ2v) is 7.22. The number of amides is 2. The van der Waals surface area contributed by atoms with Gasteiger partial charge in [0.25, 0.3) is 0 Å². The minimum absolute atomic E-state index is 0.412. The normalized spacial score (nSPS) is 11.7. The maximum Gasteiger partial charge on any atom is 0.413 e. The van der Waals surface area contributed by atoms with E-state index in [-0.39, 0.29) is 0 Å². The minimum atomic E-state index is -0.816. The molecule has 0 fully saturated rings. The molecular weight excluding hydrogens is 399 g/mol. The molecule has 2 amide bonds. The van der Waals surface area contributed by atoms with E-state index in [2.05, 4.69) is 26.8 Å². The van der Waals surface area contributed by atoms with Crippen LogP contribution in [0.25, 0.3) is 11.4 Å². The third-order valence-electron chi connectivity index (χ3n) is 3.26. The molecule has 0 spiro atoms. The Morgan fingerprint density at radius 3 is 2.77 bits per heavy atom. The topological polar surface area (TPSA) is 86.1 Å². The molecule has 0 aliphatic carbocycles. The highest BCUT2D eigenvalue weighted by molar-refractivity contribution is 8.00. The molecule has 1 heterocycles. The quantitative estimate of drug-likeness (QED) is 0.571. The van der Waals surface area contributed by atoms with Crippen LogP contribution in [0.3, 0.4) is 0 Å². The lowest BCUT2D eigenvalue weighted by Crippen LogP contribution is -2.36. The van der Waals surface area contributed by atoms with Crippen LogP contribution in [0.2, 0.25) is 10.0 Å². The highest BCUT2D eigenvalue weighted by Crippen LogP contribution is 2.32. The van der Waals surface area contributed by atoms with Crippen LogP contribution in [0, 0.1) is 0 Å². The number of rotatable bonds is 6. The summed E-state index contributed by atoms with van der Waals surface area (Å²) in [5.74, 6) is 0.0238. The lowest BCUT2D eigenvalue weighted by Gasteiger charge is -2.12. The van der Waals surface area contributed by atoms with Crippen LogP contribution in [0.1, 0.15) is 6.92 Å². The molecule has 0 aliphatic heterocycles. The van der Waals surface area contributed by atoms with Gasteiger partial charge in [0.15, 0.2) is 11.0 Å². The molecule has 1 atom stereocenters. The van der Waals surface area contributed by atoms with Crippen LogP contribution < -0.4 is 5.32 Å². The van der Waals surface area contributed by atoms with E-state index in [1.54, 1.807) is 35.8 Å². The van der Waals surface area contributed by atoms with E-state index in [0.29, 0.717) is 33.1 Å². The van der Waals surface area contributed by atoms with E-state index in [1.165, 1.54) is 7.11 Å². The molecule has 0 bridgehead atoms. The molecule has 26 heavy (non-hydrogen) atoms. The average Bonchev–Trinajstić information content (AvgIpc) is 2.97. The fourth-order valence-corrected chi connectivity index (χ4v) is 3.36. The highest BCUT2D eigenvalue weighted by Gasteiger charge is 2.22. The number of nitrogens with zero attached hydrogens (tertiary/aromatic N) is 3. The average molecular weight is 415 g/mol. The first-order chi connectivity index (χ1) is 12.4. The largest absolute Gasteiger partial charge is 0.453 e. The molecular formula is C16H16Cl2N4O3S. The number of halogens is 2. The fraction of sp³-hybridized carbons (Fsp3) is 0.250. The van der Waals surface area contributed by atoms with Gasteiger partial charge in [-0.2, -0.15) is 0 Å². The Kier molecular flexibility index (Phi) is 7.07. The van der Waals surface area contributed by atoms with Crippen molar-refractivity contribution in [3.63, 3.8) is 0 Å². The van der Waals surface area contributed by atoms with Crippen LogP contribution in [0.4, 0.5) is 4.79 Å². The molecule has 0 radical (unpaired) electrons. The summed E-state index contributed by atoms with van der Waals surface area (Å²) in [6.07, 6.45) is 0.864. The van der Waals surface area contributed by atoms with E-state index < -0.39 is 17.3 Å². The standard InChI is InChI=1S/C16H16Cl2N4O3S/c1-4-7-22-13(11-6-5-10(17)8-12(11)18)20-21-15(22)26-9(2)14(23)19-16(24)25-3/h4-6,8-9H,1,7H2,2-3H3,(H,19,23,24)/t9-/m1/s1. The number of carbonyl (C=O) groups is 2. The van der Waals surface area contributed by atoms with Gasteiger partial charge >= 0.3 is 6.09 Å². The number of thioether (sulfide) groups is 1. The monoisotopic (exact) mass is 414 g/mol. The van der Waals surface area contributed by atoms with Crippen molar-refractivity contribution in [2.24, 2.45) is 0 Å². The summed E-state index contributed by atoms with van der Waals surface area (Å²) in [7, 11) is 1.18. The number of methoxy groups -OCH3 is 1. The van der Waals surface area contributed by atoms with Gasteiger partial charge in [0.05, 0.1) is 17.4 Å². The summed E-state index contributed by atoms with van der Waals surface area (Å²) in [6.45, 7) is 5.79. The lowest BCUT2D eigenvalue weighted by molar-refractivity contribution is -0.119. The van der Waals surface area contributed by atoms with Gasteiger partial charge < -0.3 is 4.74 Å². The first-order valence-corrected chi connectivity index (χ1v) is 9.06. The zero-order valence-corrected chi connectivity index (χ0v) is 16.4. The van der Waals surface area contributed by atoms with Crippen LogP contribution in [0.5, 0.6) is 0 Å². The number of carbonyl (C=O) groups excluding carboxylic acids is 2. The zero-order valence-electron chi connectivity index (χ0n) is 14.0. The van der Waals surface area contributed by atoms with Gasteiger partial charge in [0.1, 0.15) is 0 Å². The minimum Gasteiger partial charge on any atom is -0.453 e. The SMILES string of the molecule is C=CCn1c(S[C@H](C)C(=O)NC(=O)OC)nnc1-c1ccc(Cl)cc1Cl. The van der Waals surface area contributed by atoms with Gasteiger partial charge in [-0.25, -0.2) is 4.79 Å². The molecule has 1 aromatic carbocycles. The number of aromatic nitrogens is 3. The third-order valence-corrected chi connectivity index (χ3v) is 4.89. The number of hydrogen-bond acceptors (Lipinski definition) is 6. The van der Waals surface area contributed by atoms with E-state index in [4.69, 9.17) is 23.2 Å². The van der Waals surface area contributed by atoms with Crippen LogP contribution in [-0.4, -0.2) is 39.1 Å². The number of ether oxygens (including phenoxy) is 1. The number of hydrogen-bond donors (Lipinski definition) is 1. The summed E-state index contributed by atoms with van der Waals surface area (Å²) in [6, 6.07) is 5.07. The Morgan fingerprint density at radius 2 is 2.15 bits per heavy atom. The second kappa shape index (κ2) is 9.07. The van der Waals surface area contributed by atoms with Gasteiger partial charge in [-0.15, -0.1) is 16.8 Å². The Bertz CT molecular complexity index is 841. The van der Waals surface area contributed by atoms with Crippen molar-refractivity contribution in [3.05, 3.63) is 40.9 Å². The van der Waals surface area contributed by atoms with E-state index in [1.807, 2.05) is 0 Å². The fourth-order valence-electron chi connectivity index (χ4n) is 2.00. The number of nitrogens with one attached hydrogen (secondary N) is 1. The van der Waals surface area contributed by atoms with Gasteiger partial charge in [-0.05, 0) is 25.1 Å². The molecule has 2 aromatic rings. The van der Waals surface area contributed by atoms with Crippen molar-refractivity contribution in [3.8, 4) is 11.4 Å². The van der Waals surface area contributed by atoms with Crippen molar-refractivity contribution < 1.29 is 14.3 Å². The molecule has 10 heteroatoms. The zero-order chi connectivity index (χ0) is 19.3. The number of imide groups is 1. The predicted molar refractivity (Wildman–Crippen MR) is 102 cm³/mol. The molecule has 138 valence electrons. The number of allylic oxidation sites excluding steroid dienone is 1.